The summed E-state index contributed by atoms with van der Waals surface area (Å²) in [6.45, 7) is 5.47. The number of amides is 1. The Morgan fingerprint density at radius 3 is 3.04 bits per heavy atom. The number of aromatic nitrogens is 2. The van der Waals surface area contributed by atoms with Crippen LogP contribution in [-0.2, 0) is 24.2 Å². The molecule has 0 spiro atoms. The third-order valence-corrected chi connectivity index (χ3v) is 5.45. The van der Waals surface area contributed by atoms with Crippen LogP contribution in [0, 0.1) is 5.92 Å². The summed E-state index contributed by atoms with van der Waals surface area (Å²) in [5, 5.41) is 2.82. The lowest BCUT2D eigenvalue weighted by Crippen LogP contribution is -2.40. The maximum Gasteiger partial charge on any atom is 0.229 e. The van der Waals surface area contributed by atoms with E-state index in [1.54, 1.807) is 0 Å². The van der Waals surface area contributed by atoms with Crippen LogP contribution in [0.15, 0.2) is 23.7 Å². The van der Waals surface area contributed by atoms with Gasteiger partial charge in [0.2, 0.25) is 5.91 Å². The van der Waals surface area contributed by atoms with Gasteiger partial charge in [0.15, 0.2) is 0 Å². The number of carbonyl (C=O) groups is 1. The highest BCUT2D eigenvalue weighted by molar-refractivity contribution is 7.09. The molecule has 2 aromatic heterocycles. The van der Waals surface area contributed by atoms with Crippen LogP contribution in [0.1, 0.15) is 54.7 Å². The summed E-state index contributed by atoms with van der Waals surface area (Å²) >= 11 is 1.52. The molecule has 1 amide bonds. The maximum atomic E-state index is 13.1. The van der Waals surface area contributed by atoms with Gasteiger partial charge in [0, 0.05) is 24.7 Å². The Kier molecular flexibility index (Phi) is 5.81. The van der Waals surface area contributed by atoms with E-state index in [0.29, 0.717) is 18.9 Å². The first kappa shape index (κ1) is 18.0. The third kappa shape index (κ3) is 4.25. The summed E-state index contributed by atoms with van der Waals surface area (Å²) < 4.78 is 0. The van der Waals surface area contributed by atoms with Gasteiger partial charge in [-0.2, -0.15) is 0 Å². The first-order chi connectivity index (χ1) is 12.1. The predicted octanol–water partition coefficient (Wildman–Crippen LogP) is 3.10. The van der Waals surface area contributed by atoms with Gasteiger partial charge in [0.25, 0.3) is 0 Å². The Labute approximate surface area is 153 Å². The topological polar surface area (TPSA) is 72.1 Å². The zero-order chi connectivity index (χ0) is 17.8. The van der Waals surface area contributed by atoms with Gasteiger partial charge < -0.3 is 10.6 Å². The molecule has 1 atom stereocenters. The molecule has 2 aromatic rings. The summed E-state index contributed by atoms with van der Waals surface area (Å²) in [4.78, 5) is 24.2. The van der Waals surface area contributed by atoms with E-state index in [-0.39, 0.29) is 11.9 Å². The molecule has 25 heavy (non-hydrogen) atoms. The van der Waals surface area contributed by atoms with Crippen LogP contribution in [0.4, 0.5) is 0 Å². The SMILES string of the molecule is CC(C)CN(C(=O)Cc1csc(CN)n1)C1CCCc2cccnc21. The molecule has 0 bridgehead atoms. The van der Waals surface area contributed by atoms with Gasteiger partial charge in [0.1, 0.15) is 5.01 Å². The van der Waals surface area contributed by atoms with Gasteiger partial charge >= 0.3 is 0 Å². The molecule has 1 unspecified atom stereocenters. The van der Waals surface area contributed by atoms with Gasteiger partial charge in [-0.25, -0.2) is 4.98 Å². The van der Waals surface area contributed by atoms with Gasteiger partial charge in [-0.15, -0.1) is 11.3 Å². The second-order valence-corrected chi connectivity index (χ2v) is 7.95. The number of fused-ring (bicyclic) bond motifs is 1. The van der Waals surface area contributed by atoms with Crippen LogP contribution in [0.5, 0.6) is 0 Å². The Balaban J connectivity index is 1.83. The summed E-state index contributed by atoms with van der Waals surface area (Å²) in [6.07, 6.45) is 5.30. The van der Waals surface area contributed by atoms with E-state index in [2.05, 4.69) is 29.9 Å². The first-order valence-electron chi connectivity index (χ1n) is 8.95. The van der Waals surface area contributed by atoms with Crippen LogP contribution < -0.4 is 5.73 Å². The lowest BCUT2D eigenvalue weighted by atomic mass is 9.90. The van der Waals surface area contributed by atoms with Crippen LogP contribution in [0.2, 0.25) is 0 Å². The molecular weight excluding hydrogens is 332 g/mol. The van der Waals surface area contributed by atoms with Crippen molar-refractivity contribution in [2.24, 2.45) is 11.7 Å². The number of hydrogen-bond acceptors (Lipinski definition) is 5. The number of hydrogen-bond donors (Lipinski definition) is 1. The molecule has 0 fully saturated rings. The largest absolute Gasteiger partial charge is 0.333 e. The van der Waals surface area contributed by atoms with E-state index in [9.17, 15) is 4.79 Å². The van der Waals surface area contributed by atoms with E-state index < -0.39 is 0 Å². The van der Waals surface area contributed by atoms with E-state index in [1.807, 2.05) is 22.5 Å². The number of aryl methyl sites for hydroxylation is 1. The van der Waals surface area contributed by atoms with E-state index in [1.165, 1.54) is 16.9 Å². The number of nitrogens with two attached hydrogens (primary N) is 1. The van der Waals surface area contributed by atoms with Crippen LogP contribution >= 0.6 is 11.3 Å². The Morgan fingerprint density at radius 2 is 2.32 bits per heavy atom. The minimum atomic E-state index is 0.0764. The van der Waals surface area contributed by atoms with Gasteiger partial charge in [-0.05, 0) is 36.8 Å². The molecule has 0 saturated carbocycles. The van der Waals surface area contributed by atoms with Crippen molar-refractivity contribution in [1.29, 1.82) is 0 Å². The average Bonchev–Trinajstić information content (AvgIpc) is 3.06. The van der Waals surface area contributed by atoms with Gasteiger partial charge in [-0.3, -0.25) is 9.78 Å². The summed E-state index contributed by atoms with van der Waals surface area (Å²) in [6, 6.07) is 4.20. The second-order valence-electron chi connectivity index (χ2n) is 7.01. The highest BCUT2D eigenvalue weighted by Gasteiger charge is 2.30. The Bertz CT molecular complexity index is 728. The third-order valence-electron chi connectivity index (χ3n) is 4.53. The molecule has 3 rings (SSSR count). The standard InChI is InChI=1S/C19H26N4OS/c1-13(2)11-23(18(24)9-15-12-25-17(10-20)22-15)16-7-3-5-14-6-4-8-21-19(14)16/h4,6,8,12-13,16H,3,5,7,9-11,20H2,1-2H3. The Morgan fingerprint density at radius 1 is 1.48 bits per heavy atom. The molecular formula is C19H26N4OS. The van der Waals surface area contributed by atoms with Crippen molar-refractivity contribution in [3.63, 3.8) is 0 Å². The van der Waals surface area contributed by atoms with Gasteiger partial charge in [-0.1, -0.05) is 19.9 Å². The summed E-state index contributed by atoms with van der Waals surface area (Å²) in [5.74, 6) is 0.541. The maximum absolute atomic E-state index is 13.1. The van der Waals surface area contributed by atoms with E-state index in [0.717, 1.165) is 42.2 Å². The molecule has 2 heterocycles. The highest BCUT2D eigenvalue weighted by atomic mass is 32.1. The van der Waals surface area contributed by atoms with Crippen molar-refractivity contribution in [3.8, 4) is 0 Å². The molecule has 0 aromatic carbocycles. The molecule has 1 aliphatic carbocycles. The average molecular weight is 359 g/mol. The lowest BCUT2D eigenvalue weighted by Gasteiger charge is -2.36. The number of rotatable bonds is 6. The molecule has 1 aliphatic rings. The second kappa shape index (κ2) is 8.06. The molecule has 0 aliphatic heterocycles. The Hall–Kier alpha value is -1.79. The fraction of sp³-hybridized carbons (Fsp3) is 0.526. The molecule has 0 saturated heterocycles. The summed E-state index contributed by atoms with van der Waals surface area (Å²) in [5.41, 5.74) is 8.80. The van der Waals surface area contributed by atoms with Crippen molar-refractivity contribution in [2.75, 3.05) is 6.54 Å². The fourth-order valence-corrected chi connectivity index (χ4v) is 4.14. The first-order valence-corrected chi connectivity index (χ1v) is 9.83. The number of pyridine rings is 1. The van der Waals surface area contributed by atoms with Crippen molar-refractivity contribution in [3.05, 3.63) is 45.7 Å². The smallest absolute Gasteiger partial charge is 0.229 e. The van der Waals surface area contributed by atoms with E-state index >= 15 is 0 Å². The minimum Gasteiger partial charge on any atom is -0.333 e. The van der Waals surface area contributed by atoms with Crippen molar-refractivity contribution in [1.82, 2.24) is 14.9 Å². The zero-order valence-corrected chi connectivity index (χ0v) is 15.8. The number of thiazole rings is 1. The fourth-order valence-electron chi connectivity index (χ4n) is 3.46. The van der Waals surface area contributed by atoms with Crippen molar-refractivity contribution in [2.45, 2.75) is 52.1 Å². The van der Waals surface area contributed by atoms with E-state index in [4.69, 9.17) is 5.73 Å². The predicted molar refractivity (Wildman–Crippen MR) is 100 cm³/mol. The molecule has 0 radical (unpaired) electrons. The van der Waals surface area contributed by atoms with Crippen LogP contribution in [-0.4, -0.2) is 27.3 Å². The monoisotopic (exact) mass is 358 g/mol. The summed E-state index contributed by atoms with van der Waals surface area (Å²) in [7, 11) is 0. The van der Waals surface area contributed by atoms with Crippen LogP contribution in [0.25, 0.3) is 0 Å². The molecule has 134 valence electrons. The molecule has 6 heteroatoms. The molecule has 5 nitrogen and oxygen atoms in total. The van der Waals surface area contributed by atoms with Crippen LogP contribution in [0.3, 0.4) is 0 Å². The molecule has 2 N–H and O–H groups in total. The number of carbonyl (C=O) groups excluding carboxylic acids is 1. The normalized spacial score (nSPS) is 16.7. The van der Waals surface area contributed by atoms with Gasteiger partial charge in [0.05, 0.1) is 23.9 Å². The van der Waals surface area contributed by atoms with Crippen molar-refractivity contribution < 1.29 is 4.79 Å². The van der Waals surface area contributed by atoms with Crippen molar-refractivity contribution >= 4 is 17.2 Å². The highest BCUT2D eigenvalue weighted by Crippen LogP contribution is 2.33. The quantitative estimate of drug-likeness (QED) is 0.861. The minimum absolute atomic E-state index is 0.0764. The zero-order valence-electron chi connectivity index (χ0n) is 14.9. The number of nitrogens with zero attached hydrogens (tertiary/aromatic N) is 3. The lowest BCUT2D eigenvalue weighted by molar-refractivity contribution is -0.134.